The first kappa shape index (κ1) is 11.0. The van der Waals surface area contributed by atoms with Crippen LogP contribution in [0.3, 0.4) is 0 Å². The molecule has 0 aliphatic heterocycles. The number of aromatic nitrogens is 1. The van der Waals surface area contributed by atoms with Crippen LogP contribution in [0, 0.1) is 0 Å². The maximum Gasteiger partial charge on any atom is 0.0928 e. The van der Waals surface area contributed by atoms with Gasteiger partial charge in [0.1, 0.15) is 0 Å². The fourth-order valence-corrected chi connectivity index (χ4v) is 2.19. The van der Waals surface area contributed by atoms with Gasteiger partial charge in [0, 0.05) is 23.1 Å². The Hall–Kier alpha value is -0.0800. The third-order valence-electron chi connectivity index (χ3n) is 1.84. The van der Waals surface area contributed by atoms with Crippen molar-refractivity contribution in [3.63, 3.8) is 0 Å². The highest BCUT2D eigenvalue weighted by Gasteiger charge is 2.16. The van der Waals surface area contributed by atoms with E-state index in [2.05, 4.69) is 31.1 Å². The lowest BCUT2D eigenvalue weighted by molar-refractivity contribution is 0.570. The first-order valence-corrected chi connectivity index (χ1v) is 5.96. The van der Waals surface area contributed by atoms with Crippen LogP contribution in [0.2, 0.25) is 0 Å². The fourth-order valence-electron chi connectivity index (χ4n) is 0.988. The van der Waals surface area contributed by atoms with Gasteiger partial charge in [-0.1, -0.05) is 20.8 Å². The lowest BCUT2D eigenvalue weighted by Crippen LogP contribution is -2.11. The summed E-state index contributed by atoms with van der Waals surface area (Å²) in [6.45, 7) is 6.56. The molecule has 0 aliphatic carbocycles. The number of alkyl halides is 1. The molecule has 74 valence electrons. The average Bonchev–Trinajstić information content (AvgIpc) is 2.47. The zero-order valence-corrected chi connectivity index (χ0v) is 10.0. The van der Waals surface area contributed by atoms with Gasteiger partial charge in [-0.25, -0.2) is 4.98 Å². The van der Waals surface area contributed by atoms with Crippen molar-refractivity contribution in [2.45, 2.75) is 39.0 Å². The van der Waals surface area contributed by atoms with Gasteiger partial charge in [0.2, 0.25) is 0 Å². The van der Waals surface area contributed by atoms with Crippen LogP contribution in [0.25, 0.3) is 0 Å². The Kier molecular flexibility index (Phi) is 3.74. The standard InChI is InChI=1S/C10H16ClNS/c1-10(2,3)8-7-13-9(12-8)5-4-6-11/h7H,4-6H2,1-3H3. The molecule has 1 rings (SSSR count). The molecule has 0 saturated heterocycles. The molecule has 0 spiro atoms. The van der Waals surface area contributed by atoms with Gasteiger partial charge in [0.15, 0.2) is 0 Å². The Bertz CT molecular complexity index is 262. The van der Waals surface area contributed by atoms with Crippen LogP contribution in [0.15, 0.2) is 5.38 Å². The summed E-state index contributed by atoms with van der Waals surface area (Å²) in [6, 6.07) is 0. The van der Waals surface area contributed by atoms with Gasteiger partial charge < -0.3 is 0 Å². The highest BCUT2D eigenvalue weighted by molar-refractivity contribution is 7.09. The minimum atomic E-state index is 0.176. The van der Waals surface area contributed by atoms with Crippen molar-refractivity contribution in [1.82, 2.24) is 4.98 Å². The average molecular weight is 218 g/mol. The number of aryl methyl sites for hydroxylation is 1. The number of nitrogens with zero attached hydrogens (tertiary/aromatic N) is 1. The molecule has 1 heterocycles. The zero-order chi connectivity index (χ0) is 9.90. The fraction of sp³-hybridized carbons (Fsp3) is 0.700. The van der Waals surface area contributed by atoms with E-state index < -0.39 is 0 Å². The third kappa shape index (κ3) is 3.28. The Balaban J connectivity index is 2.64. The summed E-state index contributed by atoms with van der Waals surface area (Å²) in [5, 5.41) is 3.37. The summed E-state index contributed by atoms with van der Waals surface area (Å²) in [5.41, 5.74) is 1.37. The van der Waals surface area contributed by atoms with Crippen molar-refractivity contribution in [3.8, 4) is 0 Å². The number of halogens is 1. The van der Waals surface area contributed by atoms with Gasteiger partial charge >= 0.3 is 0 Å². The summed E-state index contributed by atoms with van der Waals surface area (Å²) in [5.74, 6) is 0.727. The lowest BCUT2D eigenvalue weighted by Gasteiger charge is -2.14. The summed E-state index contributed by atoms with van der Waals surface area (Å²) in [7, 11) is 0. The van der Waals surface area contributed by atoms with Crippen LogP contribution in [0.5, 0.6) is 0 Å². The Morgan fingerprint density at radius 2 is 2.15 bits per heavy atom. The summed E-state index contributed by atoms with van der Waals surface area (Å²) < 4.78 is 0. The van der Waals surface area contributed by atoms with E-state index in [4.69, 9.17) is 11.6 Å². The summed E-state index contributed by atoms with van der Waals surface area (Å²) in [4.78, 5) is 4.58. The Morgan fingerprint density at radius 3 is 2.62 bits per heavy atom. The van der Waals surface area contributed by atoms with E-state index in [-0.39, 0.29) is 5.41 Å². The molecule has 3 heteroatoms. The highest BCUT2D eigenvalue weighted by atomic mass is 35.5. The molecule has 0 amide bonds. The SMILES string of the molecule is CC(C)(C)c1csc(CCCCl)n1. The molecule has 1 nitrogen and oxygen atoms in total. The second-order valence-electron chi connectivity index (χ2n) is 4.17. The smallest absolute Gasteiger partial charge is 0.0928 e. The topological polar surface area (TPSA) is 12.9 Å². The van der Waals surface area contributed by atoms with E-state index in [0.717, 1.165) is 18.7 Å². The van der Waals surface area contributed by atoms with Crippen molar-refractivity contribution in [2.24, 2.45) is 0 Å². The molecule has 0 atom stereocenters. The molecule has 0 unspecified atom stereocenters. The molecule has 1 aromatic heterocycles. The van der Waals surface area contributed by atoms with Crippen LogP contribution < -0.4 is 0 Å². The van der Waals surface area contributed by atoms with Crippen LogP contribution in [-0.2, 0) is 11.8 Å². The number of hydrogen-bond acceptors (Lipinski definition) is 2. The number of thiazole rings is 1. The largest absolute Gasteiger partial charge is 0.246 e. The van der Waals surface area contributed by atoms with E-state index in [1.807, 2.05) is 0 Å². The van der Waals surface area contributed by atoms with Crippen LogP contribution >= 0.6 is 22.9 Å². The van der Waals surface area contributed by atoms with Gasteiger partial charge in [-0.15, -0.1) is 22.9 Å². The molecular weight excluding hydrogens is 202 g/mol. The van der Waals surface area contributed by atoms with Crippen LogP contribution in [-0.4, -0.2) is 10.9 Å². The molecule has 0 N–H and O–H groups in total. The van der Waals surface area contributed by atoms with Crippen molar-refractivity contribution >= 4 is 22.9 Å². The van der Waals surface area contributed by atoms with Crippen LogP contribution in [0.1, 0.15) is 37.9 Å². The van der Waals surface area contributed by atoms with Crippen molar-refractivity contribution < 1.29 is 0 Å². The summed E-state index contributed by atoms with van der Waals surface area (Å²) >= 11 is 7.37. The molecule has 0 bridgehead atoms. The summed E-state index contributed by atoms with van der Waals surface area (Å²) in [6.07, 6.45) is 2.04. The monoisotopic (exact) mass is 217 g/mol. The normalized spacial score (nSPS) is 12.0. The molecule has 0 saturated carbocycles. The van der Waals surface area contributed by atoms with E-state index in [9.17, 15) is 0 Å². The minimum Gasteiger partial charge on any atom is -0.246 e. The van der Waals surface area contributed by atoms with Gasteiger partial charge in [-0.2, -0.15) is 0 Å². The molecule has 0 aromatic carbocycles. The zero-order valence-electron chi connectivity index (χ0n) is 8.43. The van der Waals surface area contributed by atoms with Gasteiger partial charge in [-0.3, -0.25) is 0 Å². The second-order valence-corrected chi connectivity index (χ2v) is 5.49. The number of hydrogen-bond donors (Lipinski definition) is 0. The molecule has 0 radical (unpaired) electrons. The van der Waals surface area contributed by atoms with Crippen molar-refractivity contribution in [3.05, 3.63) is 16.1 Å². The van der Waals surface area contributed by atoms with Crippen molar-refractivity contribution in [1.29, 1.82) is 0 Å². The van der Waals surface area contributed by atoms with Crippen LogP contribution in [0.4, 0.5) is 0 Å². The first-order chi connectivity index (χ1) is 6.04. The predicted molar refractivity (Wildman–Crippen MR) is 59.9 cm³/mol. The van der Waals surface area contributed by atoms with E-state index in [1.165, 1.54) is 10.7 Å². The van der Waals surface area contributed by atoms with E-state index >= 15 is 0 Å². The quantitative estimate of drug-likeness (QED) is 0.705. The molecule has 0 fully saturated rings. The molecule has 13 heavy (non-hydrogen) atoms. The first-order valence-electron chi connectivity index (χ1n) is 4.55. The van der Waals surface area contributed by atoms with Gasteiger partial charge in [-0.05, 0) is 6.42 Å². The second kappa shape index (κ2) is 4.43. The maximum atomic E-state index is 5.62. The maximum absolute atomic E-state index is 5.62. The Morgan fingerprint density at radius 1 is 1.46 bits per heavy atom. The third-order valence-corrected chi connectivity index (χ3v) is 3.02. The predicted octanol–water partition coefficient (Wildman–Crippen LogP) is 3.61. The lowest BCUT2D eigenvalue weighted by atomic mass is 9.93. The minimum absolute atomic E-state index is 0.176. The molecule has 0 aliphatic rings. The van der Waals surface area contributed by atoms with Gasteiger partial charge in [0.25, 0.3) is 0 Å². The number of rotatable bonds is 3. The molecule has 1 aromatic rings. The Labute approximate surface area is 89.1 Å². The highest BCUT2D eigenvalue weighted by Crippen LogP contribution is 2.24. The molecular formula is C10H16ClNS. The van der Waals surface area contributed by atoms with Gasteiger partial charge in [0.05, 0.1) is 10.7 Å². The van der Waals surface area contributed by atoms with E-state index in [1.54, 1.807) is 11.3 Å². The van der Waals surface area contributed by atoms with Crippen molar-refractivity contribution in [2.75, 3.05) is 5.88 Å². The van der Waals surface area contributed by atoms with E-state index in [0.29, 0.717) is 0 Å².